The summed E-state index contributed by atoms with van der Waals surface area (Å²) in [7, 11) is 0. The van der Waals surface area contributed by atoms with Gasteiger partial charge in [0.25, 0.3) is 0 Å². The Morgan fingerprint density at radius 3 is 2.82 bits per heavy atom. The summed E-state index contributed by atoms with van der Waals surface area (Å²) in [4.78, 5) is 2.63. The molecule has 2 unspecified atom stereocenters. The smallest absolute Gasteiger partial charge is 0.0478 e. The number of hydrogen-bond acceptors (Lipinski definition) is 3. The van der Waals surface area contributed by atoms with E-state index in [0.29, 0.717) is 12.1 Å². The lowest BCUT2D eigenvalue weighted by atomic mass is 10.0. The highest BCUT2D eigenvalue weighted by atomic mass is 16.5. The molecule has 3 heteroatoms. The molecule has 1 aliphatic heterocycles. The average Bonchev–Trinajstić information content (AvgIpc) is 2.47. The second-order valence-corrected chi connectivity index (χ2v) is 5.49. The van der Waals surface area contributed by atoms with E-state index in [9.17, 15) is 0 Å². The minimum atomic E-state index is 0.645. The average molecular weight is 242 g/mol. The molecule has 0 saturated carbocycles. The van der Waals surface area contributed by atoms with Crippen LogP contribution in [-0.2, 0) is 4.74 Å². The second kappa shape index (κ2) is 8.06. The van der Waals surface area contributed by atoms with Crippen LogP contribution in [0.5, 0.6) is 0 Å². The molecule has 17 heavy (non-hydrogen) atoms. The first-order valence-corrected chi connectivity index (χ1v) is 7.20. The van der Waals surface area contributed by atoms with Gasteiger partial charge in [-0.3, -0.25) is 4.90 Å². The van der Waals surface area contributed by atoms with Crippen molar-refractivity contribution in [2.75, 3.05) is 32.8 Å². The third-order valence-corrected chi connectivity index (χ3v) is 3.77. The van der Waals surface area contributed by atoms with E-state index in [-0.39, 0.29) is 0 Å². The van der Waals surface area contributed by atoms with Gasteiger partial charge in [-0.1, -0.05) is 13.8 Å². The zero-order chi connectivity index (χ0) is 12.7. The normalized spacial score (nSPS) is 27.4. The van der Waals surface area contributed by atoms with E-state index in [1.807, 2.05) is 0 Å². The van der Waals surface area contributed by atoms with Gasteiger partial charge in [-0.15, -0.1) is 0 Å². The standard InChI is InChI=1S/C14H30N2O/c1-5-17-10-6-9-16-11-14(12(2)3)15-8-7-13(16)4/h12-15H,5-11H2,1-4H3. The van der Waals surface area contributed by atoms with Gasteiger partial charge in [0.1, 0.15) is 0 Å². The van der Waals surface area contributed by atoms with Crippen molar-refractivity contribution in [1.82, 2.24) is 10.2 Å². The van der Waals surface area contributed by atoms with Crippen LogP contribution in [0.25, 0.3) is 0 Å². The predicted molar refractivity (Wildman–Crippen MR) is 73.4 cm³/mol. The summed E-state index contributed by atoms with van der Waals surface area (Å²) in [6.45, 7) is 14.3. The van der Waals surface area contributed by atoms with Crippen LogP contribution in [0.1, 0.15) is 40.5 Å². The molecule has 0 radical (unpaired) electrons. The number of nitrogens with zero attached hydrogens (tertiary/aromatic N) is 1. The van der Waals surface area contributed by atoms with Gasteiger partial charge >= 0.3 is 0 Å². The third-order valence-electron chi connectivity index (χ3n) is 3.77. The zero-order valence-corrected chi connectivity index (χ0v) is 12.0. The summed E-state index contributed by atoms with van der Waals surface area (Å²) in [5.41, 5.74) is 0. The summed E-state index contributed by atoms with van der Waals surface area (Å²) in [6.07, 6.45) is 2.42. The highest BCUT2D eigenvalue weighted by molar-refractivity contribution is 4.82. The lowest BCUT2D eigenvalue weighted by Gasteiger charge is -2.30. The quantitative estimate of drug-likeness (QED) is 0.722. The SMILES string of the molecule is CCOCCCN1CC(C(C)C)NCCC1C. The molecular formula is C14H30N2O. The molecular weight excluding hydrogens is 212 g/mol. The van der Waals surface area contributed by atoms with Crippen molar-refractivity contribution in [3.8, 4) is 0 Å². The number of rotatable bonds is 6. The number of nitrogens with one attached hydrogen (secondary N) is 1. The molecule has 0 spiro atoms. The lowest BCUT2D eigenvalue weighted by Crippen LogP contribution is -2.43. The van der Waals surface area contributed by atoms with E-state index in [0.717, 1.165) is 32.1 Å². The molecule has 0 aromatic rings. The minimum absolute atomic E-state index is 0.645. The molecule has 0 aromatic carbocycles. The van der Waals surface area contributed by atoms with E-state index in [1.54, 1.807) is 0 Å². The maximum Gasteiger partial charge on any atom is 0.0478 e. The summed E-state index contributed by atoms with van der Waals surface area (Å²) < 4.78 is 5.42. The maximum atomic E-state index is 5.42. The fourth-order valence-corrected chi connectivity index (χ4v) is 2.43. The molecule has 2 atom stereocenters. The van der Waals surface area contributed by atoms with Gasteiger partial charge in [0.2, 0.25) is 0 Å². The van der Waals surface area contributed by atoms with E-state index < -0.39 is 0 Å². The second-order valence-electron chi connectivity index (χ2n) is 5.49. The number of hydrogen-bond donors (Lipinski definition) is 1. The van der Waals surface area contributed by atoms with Crippen molar-refractivity contribution in [2.45, 2.75) is 52.6 Å². The maximum absolute atomic E-state index is 5.42. The van der Waals surface area contributed by atoms with Crippen LogP contribution >= 0.6 is 0 Å². The summed E-state index contributed by atoms with van der Waals surface area (Å²) >= 11 is 0. The molecule has 102 valence electrons. The molecule has 1 saturated heterocycles. The topological polar surface area (TPSA) is 24.5 Å². The Kier molecular flexibility index (Phi) is 7.09. The largest absolute Gasteiger partial charge is 0.382 e. The van der Waals surface area contributed by atoms with Crippen LogP contribution in [0.2, 0.25) is 0 Å². The number of ether oxygens (including phenoxy) is 1. The molecule has 1 fully saturated rings. The molecule has 0 aliphatic carbocycles. The Hall–Kier alpha value is -0.120. The molecule has 1 aliphatic rings. The Morgan fingerprint density at radius 1 is 1.41 bits per heavy atom. The van der Waals surface area contributed by atoms with Crippen LogP contribution in [0.4, 0.5) is 0 Å². The van der Waals surface area contributed by atoms with Crippen LogP contribution < -0.4 is 5.32 Å². The van der Waals surface area contributed by atoms with E-state index in [2.05, 4.69) is 37.9 Å². The Bertz CT molecular complexity index is 197. The molecule has 0 bridgehead atoms. The zero-order valence-electron chi connectivity index (χ0n) is 12.0. The third kappa shape index (κ3) is 5.36. The first-order chi connectivity index (χ1) is 8.15. The van der Waals surface area contributed by atoms with Crippen LogP contribution in [0, 0.1) is 5.92 Å². The van der Waals surface area contributed by atoms with E-state index >= 15 is 0 Å². The Labute approximate surface area is 107 Å². The first kappa shape index (κ1) is 14.9. The van der Waals surface area contributed by atoms with Crippen molar-refractivity contribution in [3.63, 3.8) is 0 Å². The summed E-state index contributed by atoms with van der Waals surface area (Å²) in [6, 6.07) is 1.35. The highest BCUT2D eigenvalue weighted by Crippen LogP contribution is 2.13. The van der Waals surface area contributed by atoms with Gasteiger partial charge in [-0.05, 0) is 39.2 Å². The van der Waals surface area contributed by atoms with Crippen LogP contribution in [-0.4, -0.2) is 49.8 Å². The molecule has 0 aromatic heterocycles. The molecule has 0 amide bonds. The lowest BCUT2D eigenvalue weighted by molar-refractivity contribution is 0.120. The highest BCUT2D eigenvalue weighted by Gasteiger charge is 2.23. The van der Waals surface area contributed by atoms with Crippen LogP contribution in [0.15, 0.2) is 0 Å². The van der Waals surface area contributed by atoms with Gasteiger partial charge in [-0.2, -0.15) is 0 Å². The molecule has 1 heterocycles. The van der Waals surface area contributed by atoms with Crippen molar-refractivity contribution in [1.29, 1.82) is 0 Å². The van der Waals surface area contributed by atoms with Gasteiger partial charge in [-0.25, -0.2) is 0 Å². The fraction of sp³-hybridized carbons (Fsp3) is 1.00. The first-order valence-electron chi connectivity index (χ1n) is 7.20. The summed E-state index contributed by atoms with van der Waals surface area (Å²) in [5, 5.41) is 3.67. The van der Waals surface area contributed by atoms with Gasteiger partial charge in [0.15, 0.2) is 0 Å². The van der Waals surface area contributed by atoms with Crippen LogP contribution in [0.3, 0.4) is 0 Å². The van der Waals surface area contributed by atoms with Crippen molar-refractivity contribution < 1.29 is 4.74 Å². The fourth-order valence-electron chi connectivity index (χ4n) is 2.43. The van der Waals surface area contributed by atoms with Gasteiger partial charge in [0.05, 0.1) is 0 Å². The molecule has 1 N–H and O–H groups in total. The minimum Gasteiger partial charge on any atom is -0.382 e. The molecule has 1 rings (SSSR count). The predicted octanol–water partition coefficient (Wildman–Crippen LogP) is 2.12. The Morgan fingerprint density at radius 2 is 2.18 bits per heavy atom. The summed E-state index contributed by atoms with van der Waals surface area (Å²) in [5.74, 6) is 0.717. The molecule has 3 nitrogen and oxygen atoms in total. The van der Waals surface area contributed by atoms with Crippen molar-refractivity contribution in [3.05, 3.63) is 0 Å². The Balaban J connectivity index is 2.36. The van der Waals surface area contributed by atoms with Crippen molar-refractivity contribution >= 4 is 0 Å². The van der Waals surface area contributed by atoms with Gasteiger partial charge in [0, 0.05) is 38.4 Å². The monoisotopic (exact) mass is 242 g/mol. The van der Waals surface area contributed by atoms with Gasteiger partial charge < -0.3 is 10.1 Å². The van der Waals surface area contributed by atoms with Crippen molar-refractivity contribution in [2.24, 2.45) is 5.92 Å². The van der Waals surface area contributed by atoms with E-state index in [4.69, 9.17) is 4.74 Å². The van der Waals surface area contributed by atoms with E-state index in [1.165, 1.54) is 19.5 Å².